The van der Waals surface area contributed by atoms with E-state index in [0.717, 1.165) is 24.0 Å². The van der Waals surface area contributed by atoms with E-state index in [0.29, 0.717) is 25.0 Å². The summed E-state index contributed by atoms with van der Waals surface area (Å²) in [5.74, 6) is 0.214. The van der Waals surface area contributed by atoms with Gasteiger partial charge < -0.3 is 4.74 Å². The van der Waals surface area contributed by atoms with E-state index in [9.17, 15) is 4.79 Å². The highest BCUT2D eigenvalue weighted by molar-refractivity contribution is 5.93. The van der Waals surface area contributed by atoms with E-state index < -0.39 is 6.10 Å². The van der Waals surface area contributed by atoms with Crippen LogP contribution < -0.4 is 5.32 Å². The number of carbonyl (C=O) groups excluding carboxylic acids is 1. The van der Waals surface area contributed by atoms with Crippen molar-refractivity contribution in [2.24, 2.45) is 0 Å². The predicted molar refractivity (Wildman–Crippen MR) is 73.4 cm³/mol. The molecule has 1 aromatic carbocycles. The van der Waals surface area contributed by atoms with Crippen LogP contribution in [0.1, 0.15) is 30.0 Å². The highest BCUT2D eigenvalue weighted by Gasteiger charge is 2.30. The quantitative estimate of drug-likeness (QED) is 0.912. The van der Waals surface area contributed by atoms with Crippen LogP contribution in [0.4, 0.5) is 5.95 Å². The van der Waals surface area contributed by atoms with Crippen molar-refractivity contribution in [3.8, 4) is 0 Å². The van der Waals surface area contributed by atoms with E-state index in [1.54, 1.807) is 4.68 Å². The molecule has 0 spiro atoms. The number of rotatable bonds is 3. The van der Waals surface area contributed by atoms with Crippen LogP contribution in [0.25, 0.3) is 0 Å². The second-order valence-electron chi connectivity index (χ2n) is 5.44. The number of hydrogen-bond acceptors (Lipinski definition) is 5. The standard InChI is InChI=1S/C14H15N5O2/c20-13(15-14-16-17-18-19(14)11-5-6-11)12-7-9-3-1-2-4-10(9)8-21-12/h1-4,11-12H,5-8H2,(H,15,16,18,20). The number of tetrazole rings is 1. The maximum Gasteiger partial charge on any atom is 0.256 e. The van der Waals surface area contributed by atoms with Gasteiger partial charge in [-0.05, 0) is 34.4 Å². The number of amides is 1. The third-order valence-corrected chi connectivity index (χ3v) is 3.88. The van der Waals surface area contributed by atoms with E-state index in [1.165, 1.54) is 0 Å². The molecule has 4 rings (SSSR count). The number of carbonyl (C=O) groups is 1. The van der Waals surface area contributed by atoms with Crippen molar-refractivity contribution in [2.75, 3.05) is 5.32 Å². The topological polar surface area (TPSA) is 81.9 Å². The third kappa shape index (κ3) is 2.40. The fourth-order valence-corrected chi connectivity index (χ4v) is 2.55. The van der Waals surface area contributed by atoms with Crippen LogP contribution in [0, 0.1) is 0 Å². The highest BCUT2D eigenvalue weighted by Crippen LogP contribution is 2.35. The summed E-state index contributed by atoms with van der Waals surface area (Å²) < 4.78 is 7.32. The molecule has 1 saturated carbocycles. The Kier molecular flexibility index (Phi) is 2.92. The average molecular weight is 285 g/mol. The van der Waals surface area contributed by atoms with Crippen LogP contribution in [0.15, 0.2) is 24.3 Å². The van der Waals surface area contributed by atoms with E-state index in [2.05, 4.69) is 20.8 Å². The summed E-state index contributed by atoms with van der Waals surface area (Å²) in [4.78, 5) is 12.3. The van der Waals surface area contributed by atoms with E-state index in [4.69, 9.17) is 4.74 Å². The van der Waals surface area contributed by atoms with Crippen LogP contribution in [0.2, 0.25) is 0 Å². The monoisotopic (exact) mass is 285 g/mol. The van der Waals surface area contributed by atoms with Crippen molar-refractivity contribution in [2.45, 2.75) is 38.0 Å². The van der Waals surface area contributed by atoms with Crippen LogP contribution in [-0.2, 0) is 22.6 Å². The smallest absolute Gasteiger partial charge is 0.256 e. The SMILES string of the molecule is O=C(Nc1nnnn1C1CC1)C1Cc2ccccc2CO1. The van der Waals surface area contributed by atoms with Gasteiger partial charge >= 0.3 is 0 Å². The predicted octanol–water partition coefficient (Wildman–Crippen LogP) is 1.09. The summed E-state index contributed by atoms with van der Waals surface area (Å²) in [6, 6.07) is 8.34. The molecule has 1 atom stereocenters. The summed E-state index contributed by atoms with van der Waals surface area (Å²) in [5.41, 5.74) is 2.30. The second-order valence-corrected chi connectivity index (χ2v) is 5.44. The molecule has 0 radical (unpaired) electrons. The maximum absolute atomic E-state index is 12.3. The van der Waals surface area contributed by atoms with Crippen molar-refractivity contribution in [3.05, 3.63) is 35.4 Å². The highest BCUT2D eigenvalue weighted by atomic mass is 16.5. The van der Waals surface area contributed by atoms with Gasteiger partial charge in [-0.1, -0.05) is 29.4 Å². The Labute approximate surface area is 121 Å². The van der Waals surface area contributed by atoms with Crippen LogP contribution >= 0.6 is 0 Å². The summed E-state index contributed by atoms with van der Waals surface area (Å²) in [6.45, 7) is 0.460. The van der Waals surface area contributed by atoms with Gasteiger partial charge in [-0.25, -0.2) is 4.68 Å². The molecule has 0 bridgehead atoms. The summed E-state index contributed by atoms with van der Waals surface area (Å²) in [5, 5.41) is 14.2. The normalized spacial score (nSPS) is 20.9. The van der Waals surface area contributed by atoms with E-state index in [-0.39, 0.29) is 5.91 Å². The number of hydrogen-bond donors (Lipinski definition) is 1. The number of ether oxygens (including phenoxy) is 1. The molecule has 1 N–H and O–H groups in total. The van der Waals surface area contributed by atoms with Gasteiger partial charge in [0.15, 0.2) is 0 Å². The van der Waals surface area contributed by atoms with Gasteiger partial charge in [0.05, 0.1) is 12.6 Å². The zero-order valence-electron chi connectivity index (χ0n) is 11.4. The zero-order valence-corrected chi connectivity index (χ0v) is 11.4. The number of fused-ring (bicyclic) bond motifs is 1. The molecule has 1 aliphatic carbocycles. The number of nitrogens with zero attached hydrogens (tertiary/aromatic N) is 4. The molecule has 108 valence electrons. The van der Waals surface area contributed by atoms with Crippen LogP contribution in [0.3, 0.4) is 0 Å². The molecule has 1 aliphatic heterocycles. The number of anilines is 1. The minimum atomic E-state index is -0.496. The molecule has 1 unspecified atom stereocenters. The van der Waals surface area contributed by atoms with Gasteiger partial charge in [-0.15, -0.1) is 0 Å². The van der Waals surface area contributed by atoms with Gasteiger partial charge in [-0.3, -0.25) is 10.1 Å². The molecule has 7 heteroatoms. The van der Waals surface area contributed by atoms with Crippen molar-refractivity contribution >= 4 is 11.9 Å². The zero-order chi connectivity index (χ0) is 14.2. The Morgan fingerprint density at radius 2 is 2.10 bits per heavy atom. The van der Waals surface area contributed by atoms with Crippen molar-refractivity contribution in [1.82, 2.24) is 20.2 Å². The van der Waals surface area contributed by atoms with Crippen molar-refractivity contribution in [3.63, 3.8) is 0 Å². The van der Waals surface area contributed by atoms with Gasteiger partial charge in [0.1, 0.15) is 6.10 Å². The third-order valence-electron chi connectivity index (χ3n) is 3.88. The minimum Gasteiger partial charge on any atom is -0.363 e. The molecule has 1 fully saturated rings. The van der Waals surface area contributed by atoms with Crippen LogP contribution in [0.5, 0.6) is 0 Å². The number of benzene rings is 1. The first-order valence-electron chi connectivity index (χ1n) is 7.08. The average Bonchev–Trinajstić information content (AvgIpc) is 3.27. The van der Waals surface area contributed by atoms with E-state index >= 15 is 0 Å². The lowest BCUT2D eigenvalue weighted by Crippen LogP contribution is -2.35. The minimum absolute atomic E-state index is 0.193. The molecule has 0 saturated heterocycles. The Morgan fingerprint density at radius 3 is 2.90 bits per heavy atom. The van der Waals surface area contributed by atoms with Gasteiger partial charge in [0.2, 0.25) is 5.95 Å². The molecular weight excluding hydrogens is 270 g/mol. The van der Waals surface area contributed by atoms with Gasteiger partial charge in [0, 0.05) is 6.42 Å². The first-order valence-corrected chi connectivity index (χ1v) is 7.08. The van der Waals surface area contributed by atoms with Crippen molar-refractivity contribution in [1.29, 1.82) is 0 Å². The summed E-state index contributed by atoms with van der Waals surface area (Å²) in [6.07, 6.45) is 2.19. The molecular formula is C14H15N5O2. The van der Waals surface area contributed by atoms with Crippen LogP contribution in [-0.4, -0.2) is 32.2 Å². The summed E-state index contributed by atoms with van der Waals surface area (Å²) in [7, 11) is 0. The number of nitrogens with one attached hydrogen (secondary N) is 1. The first-order chi connectivity index (χ1) is 10.3. The van der Waals surface area contributed by atoms with E-state index in [1.807, 2.05) is 24.3 Å². The molecule has 1 amide bonds. The molecule has 1 aromatic heterocycles. The Morgan fingerprint density at radius 1 is 1.29 bits per heavy atom. The lowest BCUT2D eigenvalue weighted by atomic mass is 9.99. The second kappa shape index (κ2) is 4.92. The van der Waals surface area contributed by atoms with Gasteiger partial charge in [0.25, 0.3) is 5.91 Å². The van der Waals surface area contributed by atoms with Gasteiger partial charge in [-0.2, -0.15) is 0 Å². The fourth-order valence-electron chi connectivity index (χ4n) is 2.55. The largest absolute Gasteiger partial charge is 0.363 e. The summed E-state index contributed by atoms with van der Waals surface area (Å²) >= 11 is 0. The molecule has 2 aromatic rings. The Hall–Kier alpha value is -2.28. The number of aromatic nitrogens is 4. The Bertz CT molecular complexity index is 680. The Balaban J connectivity index is 1.47. The lowest BCUT2D eigenvalue weighted by Gasteiger charge is -2.24. The lowest BCUT2D eigenvalue weighted by molar-refractivity contribution is -0.129. The maximum atomic E-state index is 12.3. The molecule has 21 heavy (non-hydrogen) atoms. The van der Waals surface area contributed by atoms with Crippen molar-refractivity contribution < 1.29 is 9.53 Å². The fraction of sp³-hybridized carbons (Fsp3) is 0.429. The molecule has 7 nitrogen and oxygen atoms in total. The molecule has 2 aliphatic rings. The molecule has 2 heterocycles. The first kappa shape index (κ1) is 12.5.